The summed E-state index contributed by atoms with van der Waals surface area (Å²) in [6.45, 7) is 12.9. The highest BCUT2D eigenvalue weighted by Crippen LogP contribution is 2.27. The minimum Gasteiger partial charge on any atom is -0.506 e. The van der Waals surface area contributed by atoms with Crippen LogP contribution < -0.4 is 10.2 Å². The van der Waals surface area contributed by atoms with Gasteiger partial charge in [0.05, 0.1) is 30.8 Å². The number of aromatic hydroxyl groups is 1. The van der Waals surface area contributed by atoms with Gasteiger partial charge in [0.25, 0.3) is 5.91 Å². The Morgan fingerprint density at radius 3 is 2.56 bits per heavy atom. The molecule has 0 saturated carbocycles. The number of amides is 1. The van der Waals surface area contributed by atoms with Crippen molar-refractivity contribution in [1.82, 2.24) is 19.4 Å². The molecule has 11 nitrogen and oxygen atoms in total. The number of nitroso groups, excluding NO2 is 1. The Morgan fingerprint density at radius 1 is 1.02 bits per heavy atom. The zero-order chi connectivity index (χ0) is 31.8. The second-order valence-electron chi connectivity index (χ2n) is 11.9. The third-order valence-electron chi connectivity index (χ3n) is 8.11. The molecule has 1 fully saturated rings. The molecule has 5 rings (SSSR count). The Labute approximate surface area is 264 Å². The first-order valence-corrected chi connectivity index (χ1v) is 15.7. The maximum atomic E-state index is 11.6. The van der Waals surface area contributed by atoms with Gasteiger partial charge < -0.3 is 24.6 Å². The van der Waals surface area contributed by atoms with Crippen molar-refractivity contribution in [1.29, 1.82) is 0 Å². The first-order valence-electron chi connectivity index (χ1n) is 15.7. The van der Waals surface area contributed by atoms with Gasteiger partial charge in [-0.2, -0.15) is 0 Å². The van der Waals surface area contributed by atoms with Gasteiger partial charge in [-0.3, -0.25) is 14.7 Å². The van der Waals surface area contributed by atoms with Crippen LogP contribution in [0.15, 0.2) is 53.7 Å². The lowest BCUT2D eigenvalue weighted by molar-refractivity contribution is -0.118. The van der Waals surface area contributed by atoms with Crippen molar-refractivity contribution in [3.05, 3.63) is 81.5 Å². The summed E-state index contributed by atoms with van der Waals surface area (Å²) < 4.78 is 7.56. The molecule has 1 aliphatic heterocycles. The second kappa shape index (κ2) is 15.1. The van der Waals surface area contributed by atoms with Crippen molar-refractivity contribution in [3.8, 4) is 5.75 Å². The SMILES string of the molecule is Cc1cc(C)cc(N(CCCC(=O)N=O)Cc2ccc3nc(NCCCN4CCOCC4)n(Cc4nc(C)ccc4O)c3c2)c1. The number of nitrogens with zero attached hydrogens (tertiary/aromatic N) is 6. The summed E-state index contributed by atoms with van der Waals surface area (Å²) in [5.41, 5.74) is 7.65. The van der Waals surface area contributed by atoms with E-state index in [1.54, 1.807) is 12.1 Å². The number of pyridine rings is 1. The van der Waals surface area contributed by atoms with E-state index in [-0.39, 0.29) is 12.2 Å². The third kappa shape index (κ3) is 8.64. The monoisotopic (exact) mass is 613 g/mol. The van der Waals surface area contributed by atoms with Crippen LogP contribution in [0, 0.1) is 25.7 Å². The molecule has 11 heteroatoms. The van der Waals surface area contributed by atoms with Crippen LogP contribution in [0.3, 0.4) is 0 Å². The van der Waals surface area contributed by atoms with Crippen LogP contribution in [-0.4, -0.2) is 76.4 Å². The first kappa shape index (κ1) is 32.1. The molecule has 0 radical (unpaired) electrons. The number of fused-ring (bicyclic) bond motifs is 1. The van der Waals surface area contributed by atoms with E-state index in [0.717, 1.165) is 90.9 Å². The van der Waals surface area contributed by atoms with Gasteiger partial charge >= 0.3 is 0 Å². The zero-order valence-corrected chi connectivity index (χ0v) is 26.5. The Bertz CT molecular complexity index is 1610. The summed E-state index contributed by atoms with van der Waals surface area (Å²) in [6.07, 6.45) is 1.61. The molecule has 3 heterocycles. The molecular weight excluding hydrogens is 570 g/mol. The number of morpholine rings is 1. The summed E-state index contributed by atoms with van der Waals surface area (Å²) >= 11 is 0. The van der Waals surface area contributed by atoms with E-state index in [1.807, 2.05) is 13.0 Å². The lowest BCUT2D eigenvalue weighted by Crippen LogP contribution is -2.37. The first-order chi connectivity index (χ1) is 21.8. The fourth-order valence-electron chi connectivity index (χ4n) is 5.88. The average molecular weight is 614 g/mol. The number of nitrogens with one attached hydrogen (secondary N) is 1. The van der Waals surface area contributed by atoms with Gasteiger partial charge in [0, 0.05) is 55.7 Å². The minimum atomic E-state index is -0.626. The lowest BCUT2D eigenvalue weighted by Gasteiger charge is -2.26. The van der Waals surface area contributed by atoms with Gasteiger partial charge in [0.1, 0.15) is 11.4 Å². The highest BCUT2D eigenvalue weighted by atomic mass is 16.5. The van der Waals surface area contributed by atoms with E-state index >= 15 is 0 Å². The number of imidazole rings is 1. The normalized spacial score (nSPS) is 13.7. The Hall–Kier alpha value is -4.35. The molecule has 1 amide bonds. The molecule has 45 heavy (non-hydrogen) atoms. The maximum Gasteiger partial charge on any atom is 0.286 e. The molecule has 0 bridgehead atoms. The molecule has 0 atom stereocenters. The fourth-order valence-corrected chi connectivity index (χ4v) is 5.88. The molecule has 4 aromatic rings. The number of carbonyl (C=O) groups is 1. The molecule has 2 N–H and O–H groups in total. The van der Waals surface area contributed by atoms with Gasteiger partial charge in [-0.15, -0.1) is 4.91 Å². The van der Waals surface area contributed by atoms with Crippen molar-refractivity contribution in [2.75, 3.05) is 56.2 Å². The predicted octanol–water partition coefficient (Wildman–Crippen LogP) is 5.32. The van der Waals surface area contributed by atoms with Crippen molar-refractivity contribution >= 4 is 28.6 Å². The average Bonchev–Trinajstić information content (AvgIpc) is 3.36. The van der Waals surface area contributed by atoms with Crippen molar-refractivity contribution in [2.45, 2.75) is 53.1 Å². The molecule has 1 saturated heterocycles. The molecular formula is C34H43N7O4. The molecule has 0 spiro atoms. The van der Waals surface area contributed by atoms with Gasteiger partial charge in [0.2, 0.25) is 5.95 Å². The highest BCUT2D eigenvalue weighted by Gasteiger charge is 2.17. The van der Waals surface area contributed by atoms with Gasteiger partial charge in [-0.05, 0) is 93.2 Å². The highest BCUT2D eigenvalue weighted by molar-refractivity contribution is 5.80. The van der Waals surface area contributed by atoms with E-state index in [4.69, 9.17) is 9.72 Å². The standard InChI is InChI=1S/C34H43N7O4/c1-24-18-25(2)20-28(19-24)40(13-4-6-33(43)38-44)22-27-8-9-29-31(21-27)41(23-30-32(42)10-7-26(3)36-30)34(37-29)35-11-5-12-39-14-16-45-17-15-39/h7-10,18-21,42H,4-6,11-17,22-23H2,1-3H3,(H,35,37). The minimum absolute atomic E-state index is 0.115. The smallest absolute Gasteiger partial charge is 0.286 e. The van der Waals surface area contributed by atoms with Crippen LogP contribution in [-0.2, 0) is 22.6 Å². The van der Waals surface area contributed by atoms with E-state index in [1.165, 1.54) is 0 Å². The lowest BCUT2D eigenvalue weighted by atomic mass is 10.1. The molecule has 0 unspecified atom stereocenters. The second-order valence-corrected chi connectivity index (χ2v) is 11.9. The van der Waals surface area contributed by atoms with Gasteiger partial charge in [-0.1, -0.05) is 12.1 Å². The van der Waals surface area contributed by atoms with Crippen LogP contribution in [0.1, 0.15) is 47.3 Å². The molecule has 0 aliphatic carbocycles. The molecule has 1 aliphatic rings. The topological polar surface area (TPSA) is 125 Å². The number of rotatable bonds is 14. The van der Waals surface area contributed by atoms with E-state index in [0.29, 0.717) is 31.7 Å². The van der Waals surface area contributed by atoms with Crippen molar-refractivity contribution in [2.24, 2.45) is 5.18 Å². The molecule has 2 aromatic carbocycles. The number of hydrogen-bond donors (Lipinski definition) is 2. The predicted molar refractivity (Wildman–Crippen MR) is 177 cm³/mol. The number of anilines is 2. The summed E-state index contributed by atoms with van der Waals surface area (Å²) in [7, 11) is 0. The number of aromatic nitrogens is 3. The van der Waals surface area contributed by atoms with E-state index in [9.17, 15) is 14.8 Å². The molecule has 238 valence electrons. The summed E-state index contributed by atoms with van der Waals surface area (Å²) in [6, 6.07) is 16.2. The van der Waals surface area contributed by atoms with Crippen LogP contribution in [0.25, 0.3) is 11.0 Å². The number of ether oxygens (including phenoxy) is 1. The van der Waals surface area contributed by atoms with E-state index in [2.05, 4.69) is 74.0 Å². The van der Waals surface area contributed by atoms with Gasteiger partial charge in [0.15, 0.2) is 0 Å². The summed E-state index contributed by atoms with van der Waals surface area (Å²) in [4.78, 5) is 36.5. The summed E-state index contributed by atoms with van der Waals surface area (Å²) in [5.74, 6) is 0.258. The van der Waals surface area contributed by atoms with Crippen molar-refractivity contribution < 1.29 is 14.6 Å². The van der Waals surface area contributed by atoms with Crippen LogP contribution in [0.2, 0.25) is 0 Å². The molecule has 2 aromatic heterocycles. The van der Waals surface area contributed by atoms with Gasteiger partial charge in [-0.25, -0.2) is 4.98 Å². The Kier molecular flexibility index (Phi) is 10.7. The number of benzene rings is 2. The number of hydrogen-bond acceptors (Lipinski definition) is 9. The number of aryl methyl sites for hydroxylation is 3. The Balaban J connectivity index is 1.42. The van der Waals surface area contributed by atoms with Crippen LogP contribution in [0.4, 0.5) is 11.6 Å². The van der Waals surface area contributed by atoms with Crippen molar-refractivity contribution in [3.63, 3.8) is 0 Å². The Morgan fingerprint density at radius 2 is 1.80 bits per heavy atom. The van der Waals surface area contributed by atoms with E-state index < -0.39 is 5.91 Å². The maximum absolute atomic E-state index is 11.6. The summed E-state index contributed by atoms with van der Waals surface area (Å²) in [5, 5.41) is 16.8. The number of carbonyl (C=O) groups excluding carboxylic acids is 1. The van der Waals surface area contributed by atoms with Crippen LogP contribution in [0.5, 0.6) is 5.75 Å². The quantitative estimate of drug-likeness (QED) is 0.144. The fraction of sp³-hybridized carbons (Fsp3) is 0.441. The van der Waals surface area contributed by atoms with Crippen LogP contribution >= 0.6 is 0 Å². The third-order valence-corrected chi connectivity index (χ3v) is 8.11. The largest absolute Gasteiger partial charge is 0.506 e. The zero-order valence-electron chi connectivity index (χ0n) is 26.5.